The largest absolute Gasteiger partial charge is 0.389 e. The second-order valence-electron chi connectivity index (χ2n) is 3.38. The first-order valence-electron chi connectivity index (χ1n) is 4.87. The van der Waals surface area contributed by atoms with Crippen molar-refractivity contribution in [1.29, 1.82) is 0 Å². The van der Waals surface area contributed by atoms with Crippen LogP contribution in [0.2, 0.25) is 0 Å². The standard InChI is InChI=1S/C9H9N5O3S/c10-11-9(15)8-6(2-4-18-8)5-13-3-1-7(12-13)14(16)17/h1-4H,5,10H2,(H,11,15). The quantitative estimate of drug-likeness (QED) is 0.362. The highest BCUT2D eigenvalue weighted by atomic mass is 32.1. The van der Waals surface area contributed by atoms with Gasteiger partial charge in [0, 0.05) is 0 Å². The number of nitrogens with one attached hydrogen (secondary N) is 1. The van der Waals surface area contributed by atoms with Gasteiger partial charge in [-0.2, -0.15) is 4.68 Å². The Balaban J connectivity index is 2.20. The number of hydrazine groups is 1. The smallest absolute Gasteiger partial charge is 0.358 e. The van der Waals surface area contributed by atoms with Crippen molar-refractivity contribution in [2.45, 2.75) is 6.54 Å². The van der Waals surface area contributed by atoms with Gasteiger partial charge in [0.05, 0.1) is 28.8 Å². The summed E-state index contributed by atoms with van der Waals surface area (Å²) in [6.07, 6.45) is 1.49. The normalized spacial score (nSPS) is 10.3. The van der Waals surface area contributed by atoms with Crippen LogP contribution in [0, 0.1) is 10.1 Å². The first-order valence-corrected chi connectivity index (χ1v) is 5.75. The molecule has 94 valence electrons. The lowest BCUT2D eigenvalue weighted by molar-refractivity contribution is -0.389. The third-order valence-corrected chi connectivity index (χ3v) is 3.19. The highest BCUT2D eigenvalue weighted by molar-refractivity contribution is 7.12. The molecule has 0 aromatic carbocycles. The second kappa shape index (κ2) is 4.94. The van der Waals surface area contributed by atoms with E-state index in [1.54, 1.807) is 11.4 Å². The molecule has 2 rings (SSSR count). The Bertz CT molecular complexity index is 591. The zero-order chi connectivity index (χ0) is 13.1. The summed E-state index contributed by atoms with van der Waals surface area (Å²) < 4.78 is 1.40. The molecule has 1 amide bonds. The Hall–Kier alpha value is -2.26. The summed E-state index contributed by atoms with van der Waals surface area (Å²) in [6, 6.07) is 3.05. The van der Waals surface area contributed by atoms with Gasteiger partial charge in [0.15, 0.2) is 0 Å². The molecule has 0 aliphatic rings. The maximum atomic E-state index is 11.4. The molecule has 0 aliphatic heterocycles. The van der Waals surface area contributed by atoms with Gasteiger partial charge in [0.2, 0.25) is 0 Å². The number of aromatic nitrogens is 2. The second-order valence-corrected chi connectivity index (χ2v) is 4.29. The lowest BCUT2D eigenvalue weighted by atomic mass is 10.2. The number of carbonyl (C=O) groups excluding carboxylic acids is 1. The topological polar surface area (TPSA) is 116 Å². The minimum absolute atomic E-state index is 0.227. The number of nitrogens with two attached hydrogens (primary N) is 1. The number of nitrogens with zero attached hydrogens (tertiary/aromatic N) is 3. The van der Waals surface area contributed by atoms with Gasteiger partial charge in [0.1, 0.15) is 0 Å². The highest BCUT2D eigenvalue weighted by Gasteiger charge is 2.16. The van der Waals surface area contributed by atoms with E-state index >= 15 is 0 Å². The minimum atomic E-state index is -0.572. The van der Waals surface area contributed by atoms with E-state index in [-0.39, 0.29) is 18.3 Å². The van der Waals surface area contributed by atoms with E-state index in [2.05, 4.69) is 10.5 Å². The SMILES string of the molecule is NNC(=O)c1sccc1Cn1ccc([N+](=O)[O-])n1. The van der Waals surface area contributed by atoms with E-state index in [0.29, 0.717) is 10.4 Å². The summed E-state index contributed by atoms with van der Waals surface area (Å²) in [6.45, 7) is 0.278. The van der Waals surface area contributed by atoms with Gasteiger partial charge >= 0.3 is 5.82 Å². The molecule has 8 nitrogen and oxygen atoms in total. The zero-order valence-electron chi connectivity index (χ0n) is 9.07. The predicted octanol–water partition coefficient (Wildman–Crippen LogP) is 0.505. The average molecular weight is 267 g/mol. The van der Waals surface area contributed by atoms with E-state index in [9.17, 15) is 14.9 Å². The molecule has 0 saturated carbocycles. The average Bonchev–Trinajstić information content (AvgIpc) is 2.97. The zero-order valence-corrected chi connectivity index (χ0v) is 9.88. The molecular weight excluding hydrogens is 258 g/mol. The monoisotopic (exact) mass is 267 g/mol. The summed E-state index contributed by atoms with van der Waals surface area (Å²) in [5.41, 5.74) is 2.76. The first kappa shape index (κ1) is 12.2. The molecule has 0 aliphatic carbocycles. The number of hydrogen-bond donors (Lipinski definition) is 2. The van der Waals surface area contributed by atoms with Crippen LogP contribution >= 0.6 is 11.3 Å². The molecule has 9 heteroatoms. The number of nitrogen functional groups attached to an aromatic ring is 1. The fraction of sp³-hybridized carbons (Fsp3) is 0.111. The van der Waals surface area contributed by atoms with E-state index in [1.807, 2.05) is 0 Å². The third kappa shape index (κ3) is 2.36. The van der Waals surface area contributed by atoms with Gasteiger partial charge in [0.25, 0.3) is 5.91 Å². The van der Waals surface area contributed by atoms with Gasteiger partial charge in [-0.25, -0.2) is 5.84 Å². The molecular formula is C9H9N5O3S. The molecule has 18 heavy (non-hydrogen) atoms. The van der Waals surface area contributed by atoms with Crippen molar-refractivity contribution in [3.8, 4) is 0 Å². The summed E-state index contributed by atoms with van der Waals surface area (Å²) in [7, 11) is 0. The molecule has 0 radical (unpaired) electrons. The molecule has 2 aromatic heterocycles. The summed E-state index contributed by atoms with van der Waals surface area (Å²) >= 11 is 1.25. The van der Waals surface area contributed by atoms with Gasteiger partial charge in [-0.1, -0.05) is 0 Å². The van der Waals surface area contributed by atoms with Gasteiger partial charge < -0.3 is 10.1 Å². The van der Waals surface area contributed by atoms with Crippen molar-refractivity contribution in [1.82, 2.24) is 15.2 Å². The summed E-state index contributed by atoms with van der Waals surface area (Å²) in [5, 5.41) is 16.0. The first-order chi connectivity index (χ1) is 8.61. The Labute approximate surface area is 105 Å². The Kier molecular flexibility index (Phi) is 3.35. The molecule has 0 unspecified atom stereocenters. The van der Waals surface area contributed by atoms with Crippen molar-refractivity contribution in [3.63, 3.8) is 0 Å². The van der Waals surface area contributed by atoms with Gasteiger partial charge in [-0.05, 0) is 21.9 Å². The number of nitro groups is 1. The van der Waals surface area contributed by atoms with Crippen molar-refractivity contribution >= 4 is 23.1 Å². The van der Waals surface area contributed by atoms with Gasteiger partial charge in [-0.15, -0.1) is 11.3 Å². The summed E-state index contributed by atoms with van der Waals surface area (Å²) in [4.78, 5) is 21.8. The van der Waals surface area contributed by atoms with Crippen LogP contribution in [0.25, 0.3) is 0 Å². The molecule has 2 heterocycles. The fourth-order valence-electron chi connectivity index (χ4n) is 1.44. The third-order valence-electron chi connectivity index (χ3n) is 2.23. The van der Waals surface area contributed by atoms with E-state index in [4.69, 9.17) is 5.84 Å². The Morgan fingerprint density at radius 1 is 1.61 bits per heavy atom. The number of rotatable bonds is 4. The minimum Gasteiger partial charge on any atom is -0.358 e. The maximum Gasteiger partial charge on any atom is 0.389 e. The van der Waals surface area contributed by atoms with Crippen LogP contribution in [0.5, 0.6) is 0 Å². The van der Waals surface area contributed by atoms with E-state index in [0.717, 1.165) is 0 Å². The van der Waals surface area contributed by atoms with Crippen LogP contribution in [-0.4, -0.2) is 20.6 Å². The molecule has 0 atom stereocenters. The number of carbonyl (C=O) groups is 1. The van der Waals surface area contributed by atoms with Crippen LogP contribution < -0.4 is 11.3 Å². The Morgan fingerprint density at radius 3 is 3.00 bits per heavy atom. The fourth-order valence-corrected chi connectivity index (χ4v) is 2.25. The number of thiophene rings is 1. The van der Waals surface area contributed by atoms with Crippen LogP contribution in [0.15, 0.2) is 23.7 Å². The summed E-state index contributed by atoms with van der Waals surface area (Å²) in [5.74, 6) is 4.45. The van der Waals surface area contributed by atoms with Crippen LogP contribution in [-0.2, 0) is 6.54 Å². The molecule has 0 fully saturated rings. The number of amides is 1. The van der Waals surface area contributed by atoms with Crippen molar-refractivity contribution in [3.05, 3.63) is 44.3 Å². The predicted molar refractivity (Wildman–Crippen MR) is 64.0 cm³/mol. The maximum absolute atomic E-state index is 11.4. The molecule has 0 spiro atoms. The molecule has 3 N–H and O–H groups in total. The number of hydrogen-bond acceptors (Lipinski definition) is 6. The lowest BCUT2D eigenvalue weighted by Gasteiger charge is -2.00. The van der Waals surface area contributed by atoms with E-state index in [1.165, 1.54) is 28.3 Å². The van der Waals surface area contributed by atoms with Crippen LogP contribution in [0.3, 0.4) is 0 Å². The van der Waals surface area contributed by atoms with Crippen LogP contribution in [0.1, 0.15) is 15.2 Å². The Morgan fingerprint density at radius 2 is 2.39 bits per heavy atom. The molecule has 0 bridgehead atoms. The van der Waals surface area contributed by atoms with Crippen molar-refractivity contribution < 1.29 is 9.72 Å². The molecule has 0 saturated heterocycles. The van der Waals surface area contributed by atoms with Gasteiger partial charge in [-0.3, -0.25) is 10.2 Å². The van der Waals surface area contributed by atoms with Crippen molar-refractivity contribution in [2.24, 2.45) is 5.84 Å². The lowest BCUT2D eigenvalue weighted by Crippen LogP contribution is -2.30. The van der Waals surface area contributed by atoms with Crippen molar-refractivity contribution in [2.75, 3.05) is 0 Å². The molecule has 2 aromatic rings. The van der Waals surface area contributed by atoms with Crippen LogP contribution in [0.4, 0.5) is 5.82 Å². The highest BCUT2D eigenvalue weighted by Crippen LogP contribution is 2.18. The van der Waals surface area contributed by atoms with E-state index < -0.39 is 4.92 Å².